The number of carboxylic acids is 1. The summed E-state index contributed by atoms with van der Waals surface area (Å²) < 4.78 is 38.2. The molecule has 1 atom stereocenters. The van der Waals surface area contributed by atoms with Crippen LogP contribution in [-0.4, -0.2) is 71.8 Å². The molecule has 1 heterocycles. The standard InChI is InChI=1S/C10H16F3N3O3/c1-9(7(17)18,10(11,12)13)14-8(19)16-5-3-15(2)4-6-16/h3-6H2,1-2H3,(H,14,19)(H,17,18). The summed E-state index contributed by atoms with van der Waals surface area (Å²) in [6.45, 7) is 2.02. The molecule has 1 fully saturated rings. The number of hydrogen-bond donors (Lipinski definition) is 2. The first-order valence-electron chi connectivity index (χ1n) is 5.63. The zero-order valence-corrected chi connectivity index (χ0v) is 10.6. The lowest BCUT2D eigenvalue weighted by Crippen LogP contribution is -2.65. The number of piperazine rings is 1. The third-order valence-corrected chi connectivity index (χ3v) is 3.14. The van der Waals surface area contributed by atoms with Gasteiger partial charge in [-0.25, -0.2) is 9.59 Å². The Labute approximate surface area is 108 Å². The summed E-state index contributed by atoms with van der Waals surface area (Å²) in [5.74, 6) is -2.14. The molecule has 6 nitrogen and oxygen atoms in total. The molecular weight excluding hydrogens is 267 g/mol. The van der Waals surface area contributed by atoms with Crippen LogP contribution in [0.2, 0.25) is 0 Å². The van der Waals surface area contributed by atoms with Crippen molar-refractivity contribution in [3.8, 4) is 0 Å². The van der Waals surface area contributed by atoms with E-state index in [4.69, 9.17) is 5.11 Å². The largest absolute Gasteiger partial charge is 0.479 e. The zero-order chi connectivity index (χ0) is 14.8. The number of urea groups is 1. The monoisotopic (exact) mass is 283 g/mol. The smallest absolute Gasteiger partial charge is 0.422 e. The van der Waals surface area contributed by atoms with Crippen molar-refractivity contribution in [2.45, 2.75) is 18.6 Å². The van der Waals surface area contributed by atoms with Crippen LogP contribution in [0.5, 0.6) is 0 Å². The molecule has 9 heteroatoms. The molecule has 0 aromatic carbocycles. The summed E-state index contributed by atoms with van der Waals surface area (Å²) in [4.78, 5) is 25.6. The molecule has 1 aliphatic heterocycles. The number of alkyl halides is 3. The van der Waals surface area contributed by atoms with Crippen LogP contribution < -0.4 is 5.32 Å². The molecule has 0 bridgehead atoms. The van der Waals surface area contributed by atoms with Crippen LogP contribution in [0.4, 0.5) is 18.0 Å². The summed E-state index contributed by atoms with van der Waals surface area (Å²) in [6, 6.07) is -1.02. The topological polar surface area (TPSA) is 72.9 Å². The molecule has 1 saturated heterocycles. The van der Waals surface area contributed by atoms with Gasteiger partial charge in [0.25, 0.3) is 0 Å². The van der Waals surface area contributed by atoms with Gasteiger partial charge in [0, 0.05) is 26.2 Å². The lowest BCUT2D eigenvalue weighted by Gasteiger charge is -2.35. The van der Waals surface area contributed by atoms with Gasteiger partial charge >= 0.3 is 18.2 Å². The third kappa shape index (κ3) is 3.28. The van der Waals surface area contributed by atoms with Crippen molar-refractivity contribution in [1.29, 1.82) is 0 Å². The molecule has 2 amide bonds. The highest BCUT2D eigenvalue weighted by atomic mass is 19.4. The van der Waals surface area contributed by atoms with E-state index in [1.807, 2.05) is 11.9 Å². The van der Waals surface area contributed by atoms with E-state index in [9.17, 15) is 22.8 Å². The quantitative estimate of drug-likeness (QED) is 0.767. The molecule has 0 aliphatic carbocycles. The molecule has 19 heavy (non-hydrogen) atoms. The lowest BCUT2D eigenvalue weighted by atomic mass is 10.0. The van der Waals surface area contributed by atoms with Crippen molar-refractivity contribution in [1.82, 2.24) is 15.1 Å². The molecule has 0 radical (unpaired) electrons. The maximum absolute atomic E-state index is 12.7. The van der Waals surface area contributed by atoms with E-state index in [-0.39, 0.29) is 13.1 Å². The average Bonchev–Trinajstić information content (AvgIpc) is 2.27. The molecule has 110 valence electrons. The van der Waals surface area contributed by atoms with Gasteiger partial charge in [-0.05, 0) is 14.0 Å². The van der Waals surface area contributed by atoms with E-state index in [0.717, 1.165) is 0 Å². The fourth-order valence-electron chi connectivity index (χ4n) is 1.55. The van der Waals surface area contributed by atoms with Crippen LogP contribution in [-0.2, 0) is 4.79 Å². The molecular formula is C10H16F3N3O3. The number of carboxylic acid groups (broad SMARTS) is 1. The fraction of sp³-hybridized carbons (Fsp3) is 0.800. The van der Waals surface area contributed by atoms with Crippen molar-refractivity contribution < 1.29 is 27.9 Å². The van der Waals surface area contributed by atoms with Gasteiger partial charge < -0.3 is 20.2 Å². The Bertz CT molecular complexity index is 367. The van der Waals surface area contributed by atoms with E-state index in [1.165, 1.54) is 4.90 Å². The summed E-state index contributed by atoms with van der Waals surface area (Å²) in [5.41, 5.74) is -3.28. The third-order valence-electron chi connectivity index (χ3n) is 3.14. The average molecular weight is 283 g/mol. The molecule has 1 rings (SSSR count). The van der Waals surface area contributed by atoms with Gasteiger partial charge in [0.1, 0.15) is 0 Å². The van der Waals surface area contributed by atoms with Gasteiger partial charge in [-0.15, -0.1) is 0 Å². The summed E-state index contributed by atoms with van der Waals surface area (Å²) in [7, 11) is 1.83. The number of carbonyl (C=O) groups is 2. The fourth-order valence-corrected chi connectivity index (χ4v) is 1.55. The van der Waals surface area contributed by atoms with E-state index in [1.54, 1.807) is 5.32 Å². The molecule has 2 N–H and O–H groups in total. The van der Waals surface area contributed by atoms with Crippen LogP contribution in [0.15, 0.2) is 0 Å². The van der Waals surface area contributed by atoms with Crippen LogP contribution in [0.25, 0.3) is 0 Å². The molecule has 1 aliphatic rings. The van der Waals surface area contributed by atoms with E-state index in [0.29, 0.717) is 20.0 Å². The number of hydrogen-bond acceptors (Lipinski definition) is 3. The number of amides is 2. The van der Waals surface area contributed by atoms with Gasteiger partial charge in [0.05, 0.1) is 0 Å². The first-order chi connectivity index (χ1) is 8.58. The molecule has 0 aromatic rings. The number of carbonyl (C=O) groups excluding carboxylic acids is 1. The normalized spacial score (nSPS) is 20.8. The van der Waals surface area contributed by atoms with Gasteiger partial charge in [0.15, 0.2) is 0 Å². The second-order valence-corrected chi connectivity index (χ2v) is 4.65. The van der Waals surface area contributed by atoms with Gasteiger partial charge in [-0.2, -0.15) is 13.2 Å². The highest BCUT2D eigenvalue weighted by Crippen LogP contribution is 2.30. The van der Waals surface area contributed by atoms with Crippen molar-refractivity contribution in [3.63, 3.8) is 0 Å². The van der Waals surface area contributed by atoms with Crippen LogP contribution in [0.3, 0.4) is 0 Å². The Morgan fingerprint density at radius 3 is 2.00 bits per heavy atom. The van der Waals surface area contributed by atoms with Crippen molar-refractivity contribution in [2.24, 2.45) is 0 Å². The number of aliphatic carboxylic acids is 1. The summed E-state index contributed by atoms with van der Waals surface area (Å²) in [6.07, 6.45) is -5.07. The molecule has 0 saturated carbocycles. The van der Waals surface area contributed by atoms with E-state index < -0.39 is 23.7 Å². The van der Waals surface area contributed by atoms with Crippen molar-refractivity contribution in [3.05, 3.63) is 0 Å². The first-order valence-corrected chi connectivity index (χ1v) is 5.63. The summed E-state index contributed by atoms with van der Waals surface area (Å²) >= 11 is 0. The predicted molar refractivity (Wildman–Crippen MR) is 59.7 cm³/mol. The Balaban J connectivity index is 2.76. The maximum atomic E-state index is 12.7. The maximum Gasteiger partial charge on any atom is 0.422 e. The predicted octanol–water partition coefficient (Wildman–Crippen LogP) is 0.349. The molecule has 1 unspecified atom stereocenters. The van der Waals surface area contributed by atoms with Crippen LogP contribution in [0.1, 0.15) is 6.92 Å². The second-order valence-electron chi connectivity index (χ2n) is 4.65. The minimum atomic E-state index is -5.07. The Hall–Kier alpha value is -1.51. The number of likely N-dealkylation sites (N-methyl/N-ethyl adjacent to an activating group) is 1. The lowest BCUT2D eigenvalue weighted by molar-refractivity contribution is -0.203. The SMILES string of the molecule is CN1CCN(C(=O)NC(C)(C(=O)O)C(F)(F)F)CC1. The number of nitrogens with zero attached hydrogens (tertiary/aromatic N) is 2. The van der Waals surface area contributed by atoms with Gasteiger partial charge in [-0.1, -0.05) is 0 Å². The first kappa shape index (κ1) is 15.5. The van der Waals surface area contributed by atoms with Crippen LogP contribution >= 0.6 is 0 Å². The Morgan fingerprint density at radius 2 is 1.63 bits per heavy atom. The minimum Gasteiger partial charge on any atom is -0.479 e. The number of halogens is 3. The van der Waals surface area contributed by atoms with Crippen LogP contribution in [0, 0.1) is 0 Å². The van der Waals surface area contributed by atoms with Crippen molar-refractivity contribution >= 4 is 12.0 Å². The highest BCUT2D eigenvalue weighted by Gasteiger charge is 2.58. The van der Waals surface area contributed by atoms with Gasteiger partial charge in [-0.3, -0.25) is 0 Å². The number of rotatable bonds is 2. The van der Waals surface area contributed by atoms with E-state index in [2.05, 4.69) is 0 Å². The minimum absolute atomic E-state index is 0.260. The summed E-state index contributed by atoms with van der Waals surface area (Å²) in [5, 5.41) is 10.3. The zero-order valence-electron chi connectivity index (χ0n) is 10.6. The Morgan fingerprint density at radius 1 is 1.16 bits per heavy atom. The van der Waals surface area contributed by atoms with E-state index >= 15 is 0 Å². The molecule has 0 aromatic heterocycles. The van der Waals surface area contributed by atoms with Gasteiger partial charge in [0.2, 0.25) is 5.54 Å². The number of nitrogens with one attached hydrogen (secondary N) is 1. The second kappa shape index (κ2) is 5.24. The van der Waals surface area contributed by atoms with Crippen molar-refractivity contribution in [2.75, 3.05) is 33.2 Å². The Kier molecular flexibility index (Phi) is 4.28. The molecule has 0 spiro atoms. The highest BCUT2D eigenvalue weighted by molar-refractivity contribution is 5.86.